The van der Waals surface area contributed by atoms with E-state index in [1.165, 1.54) is 16.2 Å². The fourth-order valence-corrected chi connectivity index (χ4v) is 1.83. The Kier molecular flexibility index (Phi) is 2.42. The number of hydrogen-bond acceptors (Lipinski definition) is 1. The Morgan fingerprint density at radius 3 is 2.47 bits per heavy atom. The van der Waals surface area contributed by atoms with Crippen molar-refractivity contribution in [2.24, 2.45) is 0 Å². The molecule has 0 fully saturated rings. The van der Waals surface area contributed by atoms with E-state index in [0.717, 1.165) is 5.52 Å². The Labute approximate surface area is 90.3 Å². The van der Waals surface area contributed by atoms with Gasteiger partial charge in [-0.25, -0.2) is 0 Å². The fourth-order valence-electron chi connectivity index (χ4n) is 1.83. The molecule has 0 aliphatic heterocycles. The van der Waals surface area contributed by atoms with Crippen LogP contribution in [0.2, 0.25) is 0 Å². The molecule has 0 amide bonds. The SMILES string of the molecule is [B].c1ccc2c(c1)ccc1ncccc12. The minimum absolute atomic E-state index is 0. The predicted octanol–water partition coefficient (Wildman–Crippen LogP) is 3.01. The van der Waals surface area contributed by atoms with E-state index in [1.807, 2.05) is 12.3 Å². The molecule has 1 aromatic heterocycles. The van der Waals surface area contributed by atoms with E-state index in [2.05, 4.69) is 47.4 Å². The fraction of sp³-hybridized carbons (Fsp3) is 0. The third-order valence-electron chi connectivity index (χ3n) is 2.51. The lowest BCUT2D eigenvalue weighted by molar-refractivity contribution is 1.42. The summed E-state index contributed by atoms with van der Waals surface area (Å²) in [5, 5.41) is 3.77. The summed E-state index contributed by atoms with van der Waals surface area (Å²) in [6.07, 6.45) is 1.83. The Hall–Kier alpha value is -1.83. The Balaban J connectivity index is 0.000000853. The summed E-state index contributed by atoms with van der Waals surface area (Å²) in [7, 11) is 0. The number of hydrogen-bond donors (Lipinski definition) is 0. The van der Waals surface area contributed by atoms with Crippen LogP contribution in [0.15, 0.2) is 54.7 Å². The molecule has 1 nitrogen and oxygen atoms in total. The van der Waals surface area contributed by atoms with Gasteiger partial charge in [-0.3, -0.25) is 4.98 Å². The van der Waals surface area contributed by atoms with E-state index in [4.69, 9.17) is 0 Å². The second-order valence-electron chi connectivity index (χ2n) is 3.36. The normalized spacial score (nSPS) is 10.1. The van der Waals surface area contributed by atoms with Crippen LogP contribution in [-0.4, -0.2) is 13.4 Å². The van der Waals surface area contributed by atoms with Gasteiger partial charge in [0, 0.05) is 20.0 Å². The Morgan fingerprint density at radius 1 is 0.733 bits per heavy atom. The zero-order valence-corrected chi connectivity index (χ0v) is 8.22. The first-order valence-electron chi connectivity index (χ1n) is 4.68. The molecule has 0 bridgehead atoms. The topological polar surface area (TPSA) is 12.9 Å². The third-order valence-corrected chi connectivity index (χ3v) is 2.51. The van der Waals surface area contributed by atoms with Crippen molar-refractivity contribution in [2.45, 2.75) is 0 Å². The quantitative estimate of drug-likeness (QED) is 0.392. The number of nitrogens with zero attached hydrogens (tertiary/aromatic N) is 1. The van der Waals surface area contributed by atoms with Crippen LogP contribution < -0.4 is 0 Å². The van der Waals surface area contributed by atoms with E-state index < -0.39 is 0 Å². The summed E-state index contributed by atoms with van der Waals surface area (Å²) < 4.78 is 0. The molecule has 0 aliphatic rings. The van der Waals surface area contributed by atoms with Crippen LogP contribution in [0, 0.1) is 0 Å². The van der Waals surface area contributed by atoms with Crippen LogP contribution in [0.25, 0.3) is 21.7 Å². The Morgan fingerprint density at radius 2 is 1.53 bits per heavy atom. The zero-order chi connectivity index (χ0) is 9.38. The van der Waals surface area contributed by atoms with Crippen LogP contribution >= 0.6 is 0 Å². The van der Waals surface area contributed by atoms with E-state index in [1.54, 1.807) is 0 Å². The maximum atomic E-state index is 4.33. The molecule has 0 unspecified atom stereocenters. The summed E-state index contributed by atoms with van der Waals surface area (Å²) in [4.78, 5) is 4.33. The largest absolute Gasteiger partial charge is 0.256 e. The number of fused-ring (bicyclic) bond motifs is 3. The summed E-state index contributed by atoms with van der Waals surface area (Å²) in [5.41, 5.74) is 1.06. The van der Waals surface area contributed by atoms with Gasteiger partial charge in [0.05, 0.1) is 5.52 Å². The minimum atomic E-state index is 0. The van der Waals surface area contributed by atoms with Gasteiger partial charge >= 0.3 is 0 Å². The molecular weight excluding hydrogens is 181 g/mol. The van der Waals surface area contributed by atoms with Crippen molar-refractivity contribution in [1.29, 1.82) is 0 Å². The van der Waals surface area contributed by atoms with Crippen molar-refractivity contribution in [3.63, 3.8) is 0 Å². The second kappa shape index (κ2) is 3.74. The van der Waals surface area contributed by atoms with E-state index in [9.17, 15) is 0 Å². The lowest BCUT2D eigenvalue weighted by Crippen LogP contribution is -1.79. The van der Waals surface area contributed by atoms with Gasteiger partial charge in [-0.2, -0.15) is 0 Å². The highest BCUT2D eigenvalue weighted by Gasteiger charge is 1.98. The van der Waals surface area contributed by atoms with Crippen molar-refractivity contribution in [2.75, 3.05) is 0 Å². The number of aromatic nitrogens is 1. The Bertz CT molecular complexity index is 550. The first-order valence-corrected chi connectivity index (χ1v) is 4.68. The lowest BCUT2D eigenvalue weighted by atomic mass is 10.1. The average Bonchev–Trinajstić information content (AvgIpc) is 2.29. The molecule has 0 atom stereocenters. The van der Waals surface area contributed by atoms with Crippen LogP contribution in [0.1, 0.15) is 0 Å². The maximum absolute atomic E-state index is 4.33. The van der Waals surface area contributed by atoms with Gasteiger partial charge in [-0.15, -0.1) is 0 Å². The molecule has 15 heavy (non-hydrogen) atoms. The van der Waals surface area contributed by atoms with Gasteiger partial charge in [0.15, 0.2) is 0 Å². The molecule has 3 aromatic rings. The van der Waals surface area contributed by atoms with Crippen molar-refractivity contribution < 1.29 is 0 Å². The standard InChI is InChI=1S/C13H9N.B/c1-2-5-11-10(4-1)7-8-13-12(11)6-3-9-14-13;/h1-9H;. The molecule has 0 N–H and O–H groups in total. The molecule has 1 heterocycles. The van der Waals surface area contributed by atoms with Crippen molar-refractivity contribution in [3.8, 4) is 0 Å². The summed E-state index contributed by atoms with van der Waals surface area (Å²) in [6, 6.07) is 16.7. The monoisotopic (exact) mass is 190 g/mol. The molecule has 0 spiro atoms. The van der Waals surface area contributed by atoms with Gasteiger partial charge in [0.25, 0.3) is 0 Å². The third kappa shape index (κ3) is 1.48. The highest BCUT2D eigenvalue weighted by Crippen LogP contribution is 2.22. The van der Waals surface area contributed by atoms with Gasteiger partial charge in [-0.1, -0.05) is 36.4 Å². The average molecular weight is 190 g/mol. The van der Waals surface area contributed by atoms with Gasteiger partial charge < -0.3 is 0 Å². The van der Waals surface area contributed by atoms with Crippen molar-refractivity contribution in [3.05, 3.63) is 54.7 Å². The highest BCUT2D eigenvalue weighted by molar-refractivity contribution is 6.05. The van der Waals surface area contributed by atoms with Crippen molar-refractivity contribution in [1.82, 2.24) is 4.98 Å². The minimum Gasteiger partial charge on any atom is -0.256 e. The van der Waals surface area contributed by atoms with Gasteiger partial charge in [0.2, 0.25) is 0 Å². The molecular formula is C13H9BN. The number of pyridine rings is 1. The second-order valence-corrected chi connectivity index (χ2v) is 3.36. The number of rotatable bonds is 0. The first-order chi connectivity index (χ1) is 6.95. The first kappa shape index (κ1) is 9.72. The molecule has 69 valence electrons. The number of benzene rings is 2. The molecule has 0 aliphatic carbocycles. The van der Waals surface area contributed by atoms with E-state index >= 15 is 0 Å². The smallest absolute Gasteiger partial charge is 0.0708 e. The predicted molar refractivity (Wildman–Crippen MR) is 65.0 cm³/mol. The molecule has 0 saturated heterocycles. The van der Waals surface area contributed by atoms with E-state index in [-0.39, 0.29) is 8.41 Å². The molecule has 3 rings (SSSR count). The summed E-state index contributed by atoms with van der Waals surface area (Å²) in [5.74, 6) is 0. The van der Waals surface area contributed by atoms with Gasteiger partial charge in [0.1, 0.15) is 0 Å². The molecule has 2 aromatic carbocycles. The van der Waals surface area contributed by atoms with Crippen LogP contribution in [0.3, 0.4) is 0 Å². The van der Waals surface area contributed by atoms with Crippen molar-refractivity contribution >= 4 is 30.1 Å². The van der Waals surface area contributed by atoms with E-state index in [0.29, 0.717) is 0 Å². The van der Waals surface area contributed by atoms with Crippen LogP contribution in [0.5, 0.6) is 0 Å². The molecule has 0 saturated carbocycles. The molecule has 2 heteroatoms. The maximum Gasteiger partial charge on any atom is 0.0708 e. The van der Waals surface area contributed by atoms with Crippen LogP contribution in [-0.2, 0) is 0 Å². The lowest BCUT2D eigenvalue weighted by Gasteiger charge is -2.01. The summed E-state index contributed by atoms with van der Waals surface area (Å²) in [6.45, 7) is 0. The summed E-state index contributed by atoms with van der Waals surface area (Å²) >= 11 is 0. The highest BCUT2D eigenvalue weighted by atomic mass is 14.6. The molecule has 3 radical (unpaired) electrons. The van der Waals surface area contributed by atoms with Crippen LogP contribution in [0.4, 0.5) is 0 Å². The van der Waals surface area contributed by atoms with Gasteiger partial charge in [-0.05, 0) is 22.9 Å². The zero-order valence-electron chi connectivity index (χ0n) is 8.22.